The minimum atomic E-state index is 0.600. The molecule has 1 aliphatic rings. The van der Waals surface area contributed by atoms with Crippen LogP contribution in [0.25, 0.3) is 0 Å². The predicted octanol–water partition coefficient (Wildman–Crippen LogP) is 0.477. The largest absolute Gasteiger partial charge is 0.399 e. The number of pyridine rings is 1. The van der Waals surface area contributed by atoms with E-state index in [2.05, 4.69) is 15.8 Å². The van der Waals surface area contributed by atoms with Crippen LogP contribution in [0.1, 0.15) is 11.4 Å². The van der Waals surface area contributed by atoms with Crippen LogP contribution in [0.3, 0.4) is 0 Å². The molecule has 1 aromatic rings. The second-order valence-electron chi connectivity index (χ2n) is 3.81. The molecule has 0 aliphatic carbocycles. The van der Waals surface area contributed by atoms with Crippen molar-refractivity contribution in [1.82, 2.24) is 9.88 Å². The van der Waals surface area contributed by atoms with Gasteiger partial charge in [-0.15, -0.1) is 6.42 Å². The second-order valence-corrected chi connectivity index (χ2v) is 3.81. The number of terminal acetylenes is 1. The van der Waals surface area contributed by atoms with Gasteiger partial charge in [-0.25, -0.2) is 4.98 Å². The normalized spacial score (nSPS) is 16.9. The molecule has 0 unspecified atom stereocenters. The molecule has 4 heteroatoms. The van der Waals surface area contributed by atoms with E-state index in [1.54, 1.807) is 6.07 Å². The summed E-state index contributed by atoms with van der Waals surface area (Å²) < 4.78 is 5.29. The highest BCUT2D eigenvalue weighted by atomic mass is 16.5. The molecule has 0 aromatic carbocycles. The van der Waals surface area contributed by atoms with E-state index in [9.17, 15) is 0 Å². The van der Waals surface area contributed by atoms with Gasteiger partial charge in [-0.2, -0.15) is 0 Å². The standard InChI is InChI=1S/C12H15N3O/c1-2-11-7-10(13)8-12(14-11)9-15-3-5-16-6-4-15/h1,7-8H,3-6,9H2,(H2,13,14). The summed E-state index contributed by atoms with van der Waals surface area (Å²) in [5, 5.41) is 0. The fourth-order valence-corrected chi connectivity index (χ4v) is 1.75. The lowest BCUT2D eigenvalue weighted by molar-refractivity contribution is 0.0336. The van der Waals surface area contributed by atoms with Gasteiger partial charge >= 0.3 is 0 Å². The molecule has 0 radical (unpaired) electrons. The minimum absolute atomic E-state index is 0.600. The molecule has 16 heavy (non-hydrogen) atoms. The number of anilines is 1. The molecule has 2 rings (SSSR count). The van der Waals surface area contributed by atoms with Crippen molar-refractivity contribution < 1.29 is 4.74 Å². The van der Waals surface area contributed by atoms with Gasteiger partial charge in [0.2, 0.25) is 0 Å². The Balaban J connectivity index is 2.08. The molecule has 0 amide bonds. The summed E-state index contributed by atoms with van der Waals surface area (Å²) in [4.78, 5) is 6.63. The van der Waals surface area contributed by atoms with Crippen molar-refractivity contribution in [3.05, 3.63) is 23.5 Å². The van der Waals surface area contributed by atoms with Crippen LogP contribution in [0.2, 0.25) is 0 Å². The first-order chi connectivity index (χ1) is 7.78. The van der Waals surface area contributed by atoms with Crippen molar-refractivity contribution in [1.29, 1.82) is 0 Å². The molecular formula is C12H15N3O. The van der Waals surface area contributed by atoms with Gasteiger partial charge in [0.15, 0.2) is 0 Å². The van der Waals surface area contributed by atoms with Crippen molar-refractivity contribution in [2.24, 2.45) is 0 Å². The van der Waals surface area contributed by atoms with E-state index in [1.165, 1.54) is 0 Å². The van der Waals surface area contributed by atoms with Crippen LogP contribution >= 0.6 is 0 Å². The van der Waals surface area contributed by atoms with Gasteiger partial charge in [-0.1, -0.05) is 5.92 Å². The molecule has 2 N–H and O–H groups in total. The average Bonchev–Trinajstić information content (AvgIpc) is 2.29. The number of hydrogen-bond acceptors (Lipinski definition) is 4. The Morgan fingerprint density at radius 1 is 1.44 bits per heavy atom. The lowest BCUT2D eigenvalue weighted by Gasteiger charge is -2.26. The molecule has 1 fully saturated rings. The van der Waals surface area contributed by atoms with Gasteiger partial charge in [0.05, 0.1) is 18.9 Å². The molecule has 1 saturated heterocycles. The highest BCUT2D eigenvalue weighted by molar-refractivity contribution is 5.44. The molecule has 84 valence electrons. The molecular weight excluding hydrogens is 202 g/mol. The highest BCUT2D eigenvalue weighted by Crippen LogP contribution is 2.10. The maximum Gasteiger partial charge on any atom is 0.115 e. The Morgan fingerprint density at radius 3 is 2.88 bits per heavy atom. The van der Waals surface area contributed by atoms with Crippen molar-refractivity contribution >= 4 is 5.69 Å². The van der Waals surface area contributed by atoms with Gasteiger partial charge in [0.25, 0.3) is 0 Å². The maximum atomic E-state index is 5.76. The van der Waals surface area contributed by atoms with Crippen LogP contribution in [0.4, 0.5) is 5.69 Å². The van der Waals surface area contributed by atoms with Gasteiger partial charge in [0, 0.05) is 25.3 Å². The molecule has 0 saturated carbocycles. The Kier molecular flexibility index (Phi) is 3.40. The van der Waals surface area contributed by atoms with Crippen LogP contribution < -0.4 is 5.73 Å². The summed E-state index contributed by atoms with van der Waals surface area (Å²) in [6.07, 6.45) is 5.32. The molecule has 0 bridgehead atoms. The zero-order valence-corrected chi connectivity index (χ0v) is 9.15. The first kappa shape index (κ1) is 10.9. The first-order valence-corrected chi connectivity index (χ1v) is 5.31. The van der Waals surface area contributed by atoms with Crippen LogP contribution in [0.5, 0.6) is 0 Å². The van der Waals surface area contributed by atoms with Crippen molar-refractivity contribution in [3.63, 3.8) is 0 Å². The quantitative estimate of drug-likeness (QED) is 0.732. The number of hydrogen-bond donors (Lipinski definition) is 1. The number of morpholine rings is 1. The lowest BCUT2D eigenvalue weighted by atomic mass is 10.2. The van der Waals surface area contributed by atoms with Crippen LogP contribution in [0, 0.1) is 12.3 Å². The summed E-state index contributed by atoms with van der Waals surface area (Å²) >= 11 is 0. The zero-order valence-electron chi connectivity index (χ0n) is 9.15. The Hall–Kier alpha value is -1.57. The third-order valence-electron chi connectivity index (χ3n) is 2.54. The molecule has 1 aliphatic heterocycles. The van der Waals surface area contributed by atoms with E-state index in [0.717, 1.165) is 38.5 Å². The SMILES string of the molecule is C#Cc1cc(N)cc(CN2CCOCC2)n1. The second kappa shape index (κ2) is 4.97. The van der Waals surface area contributed by atoms with E-state index in [4.69, 9.17) is 16.9 Å². The Labute approximate surface area is 95.4 Å². The van der Waals surface area contributed by atoms with E-state index < -0.39 is 0 Å². The predicted molar refractivity (Wildman–Crippen MR) is 62.7 cm³/mol. The Morgan fingerprint density at radius 2 is 2.19 bits per heavy atom. The van der Waals surface area contributed by atoms with Gasteiger partial charge in [0.1, 0.15) is 5.69 Å². The van der Waals surface area contributed by atoms with Crippen LogP contribution in [0.15, 0.2) is 12.1 Å². The number of nitrogens with zero attached hydrogens (tertiary/aromatic N) is 2. The number of nitrogens with two attached hydrogens (primary N) is 1. The number of rotatable bonds is 2. The number of ether oxygens (including phenoxy) is 1. The van der Waals surface area contributed by atoms with Gasteiger partial charge in [-0.05, 0) is 12.1 Å². The first-order valence-electron chi connectivity index (χ1n) is 5.31. The van der Waals surface area contributed by atoms with E-state index in [1.807, 2.05) is 6.07 Å². The summed E-state index contributed by atoms with van der Waals surface area (Å²) in [5.41, 5.74) is 7.96. The smallest absolute Gasteiger partial charge is 0.115 e. The maximum absolute atomic E-state index is 5.76. The minimum Gasteiger partial charge on any atom is -0.399 e. The summed E-state index contributed by atoms with van der Waals surface area (Å²) in [6.45, 7) is 4.21. The molecule has 2 heterocycles. The van der Waals surface area contributed by atoms with E-state index in [-0.39, 0.29) is 0 Å². The van der Waals surface area contributed by atoms with Crippen molar-refractivity contribution in [3.8, 4) is 12.3 Å². The lowest BCUT2D eigenvalue weighted by Crippen LogP contribution is -2.35. The summed E-state index contributed by atoms with van der Waals surface area (Å²) in [5.74, 6) is 2.51. The van der Waals surface area contributed by atoms with Crippen molar-refractivity contribution in [2.45, 2.75) is 6.54 Å². The van der Waals surface area contributed by atoms with E-state index >= 15 is 0 Å². The molecule has 1 aromatic heterocycles. The fourth-order valence-electron chi connectivity index (χ4n) is 1.75. The van der Waals surface area contributed by atoms with Crippen molar-refractivity contribution in [2.75, 3.05) is 32.0 Å². The van der Waals surface area contributed by atoms with Crippen LogP contribution in [-0.4, -0.2) is 36.2 Å². The molecule has 0 atom stereocenters. The summed E-state index contributed by atoms with van der Waals surface area (Å²) in [7, 11) is 0. The van der Waals surface area contributed by atoms with E-state index in [0.29, 0.717) is 11.4 Å². The van der Waals surface area contributed by atoms with Gasteiger partial charge in [-0.3, -0.25) is 4.90 Å². The summed E-state index contributed by atoms with van der Waals surface area (Å²) in [6, 6.07) is 3.58. The third-order valence-corrected chi connectivity index (χ3v) is 2.54. The topological polar surface area (TPSA) is 51.4 Å². The van der Waals surface area contributed by atoms with Crippen LogP contribution in [-0.2, 0) is 11.3 Å². The fraction of sp³-hybridized carbons (Fsp3) is 0.417. The third kappa shape index (κ3) is 2.72. The Bertz CT molecular complexity index is 405. The monoisotopic (exact) mass is 217 g/mol. The van der Waals surface area contributed by atoms with Gasteiger partial charge < -0.3 is 10.5 Å². The molecule has 4 nitrogen and oxygen atoms in total. The average molecular weight is 217 g/mol. The highest BCUT2D eigenvalue weighted by Gasteiger charge is 2.11. The zero-order chi connectivity index (χ0) is 11.4. The molecule has 0 spiro atoms. The number of aromatic nitrogens is 1. The number of nitrogen functional groups attached to an aromatic ring is 1.